The highest BCUT2D eigenvalue weighted by Gasteiger charge is 2.07. The van der Waals surface area contributed by atoms with Gasteiger partial charge in [0.1, 0.15) is 5.65 Å². The van der Waals surface area contributed by atoms with Crippen molar-refractivity contribution in [3.63, 3.8) is 0 Å². The zero-order chi connectivity index (χ0) is 10.1. The standard InChI is InChI=1S/C11H11N3/c1-8-3-4-11-13-9(2)10(5-6-12)14(11)7-8/h3-4,7H,5H2,1-2H3. The molecule has 2 heterocycles. The number of rotatable bonds is 1. The lowest BCUT2D eigenvalue weighted by molar-refractivity contribution is 1.03. The summed E-state index contributed by atoms with van der Waals surface area (Å²) in [7, 11) is 0. The molecular formula is C11H11N3. The van der Waals surface area contributed by atoms with Crippen molar-refractivity contribution < 1.29 is 0 Å². The molecular weight excluding hydrogens is 174 g/mol. The molecule has 3 nitrogen and oxygen atoms in total. The molecule has 0 spiro atoms. The average molecular weight is 185 g/mol. The second-order valence-corrected chi connectivity index (χ2v) is 3.41. The third kappa shape index (κ3) is 1.25. The summed E-state index contributed by atoms with van der Waals surface area (Å²) in [5, 5.41) is 8.70. The van der Waals surface area contributed by atoms with Crippen LogP contribution in [0, 0.1) is 25.2 Å². The lowest BCUT2D eigenvalue weighted by atomic mass is 10.2. The number of imidazole rings is 1. The minimum absolute atomic E-state index is 0.413. The van der Waals surface area contributed by atoms with E-state index in [1.54, 1.807) is 0 Å². The van der Waals surface area contributed by atoms with Crippen molar-refractivity contribution in [2.45, 2.75) is 20.3 Å². The molecule has 0 radical (unpaired) electrons. The molecule has 0 fully saturated rings. The number of hydrogen-bond acceptors (Lipinski definition) is 2. The van der Waals surface area contributed by atoms with Crippen molar-refractivity contribution in [2.24, 2.45) is 0 Å². The van der Waals surface area contributed by atoms with E-state index < -0.39 is 0 Å². The van der Waals surface area contributed by atoms with E-state index in [4.69, 9.17) is 5.26 Å². The van der Waals surface area contributed by atoms with Crippen LogP contribution in [0.4, 0.5) is 0 Å². The summed E-state index contributed by atoms with van der Waals surface area (Å²) in [5.41, 5.74) is 4.02. The Morgan fingerprint density at radius 3 is 2.93 bits per heavy atom. The van der Waals surface area contributed by atoms with E-state index in [0.717, 1.165) is 17.0 Å². The molecule has 2 aromatic heterocycles. The van der Waals surface area contributed by atoms with Gasteiger partial charge in [-0.2, -0.15) is 5.26 Å². The number of nitrogens with zero attached hydrogens (tertiary/aromatic N) is 3. The van der Waals surface area contributed by atoms with Crippen molar-refractivity contribution >= 4 is 5.65 Å². The van der Waals surface area contributed by atoms with Crippen LogP contribution in [-0.4, -0.2) is 9.38 Å². The van der Waals surface area contributed by atoms with Gasteiger partial charge in [-0.05, 0) is 25.5 Å². The van der Waals surface area contributed by atoms with Crippen molar-refractivity contribution in [1.29, 1.82) is 5.26 Å². The zero-order valence-electron chi connectivity index (χ0n) is 8.28. The third-order valence-electron chi connectivity index (χ3n) is 2.31. The van der Waals surface area contributed by atoms with Gasteiger partial charge in [0.25, 0.3) is 0 Å². The molecule has 3 heteroatoms. The summed E-state index contributed by atoms with van der Waals surface area (Å²) in [5.74, 6) is 0. The Hall–Kier alpha value is -1.82. The van der Waals surface area contributed by atoms with Gasteiger partial charge in [-0.3, -0.25) is 0 Å². The molecule has 0 aliphatic rings. The van der Waals surface area contributed by atoms with Gasteiger partial charge >= 0.3 is 0 Å². The number of pyridine rings is 1. The smallest absolute Gasteiger partial charge is 0.137 e. The molecule has 14 heavy (non-hydrogen) atoms. The van der Waals surface area contributed by atoms with Crippen LogP contribution < -0.4 is 0 Å². The second kappa shape index (κ2) is 3.15. The number of aryl methyl sites for hydroxylation is 2. The van der Waals surface area contributed by atoms with Gasteiger partial charge in [0.15, 0.2) is 0 Å². The minimum atomic E-state index is 0.413. The largest absolute Gasteiger partial charge is 0.302 e. The Bertz CT molecular complexity index is 517. The van der Waals surface area contributed by atoms with Crippen LogP contribution in [0.5, 0.6) is 0 Å². The van der Waals surface area contributed by atoms with Crippen molar-refractivity contribution in [3.8, 4) is 6.07 Å². The Morgan fingerprint density at radius 1 is 1.43 bits per heavy atom. The van der Waals surface area contributed by atoms with Gasteiger partial charge in [0.2, 0.25) is 0 Å². The molecule has 0 aliphatic carbocycles. The van der Waals surface area contributed by atoms with E-state index in [1.165, 1.54) is 5.56 Å². The number of hydrogen-bond donors (Lipinski definition) is 0. The Kier molecular flexibility index (Phi) is 1.97. The molecule has 70 valence electrons. The summed E-state index contributed by atoms with van der Waals surface area (Å²) in [4.78, 5) is 4.38. The van der Waals surface area contributed by atoms with E-state index in [2.05, 4.69) is 11.1 Å². The van der Waals surface area contributed by atoms with E-state index in [0.29, 0.717) is 6.42 Å². The Balaban J connectivity index is 2.74. The maximum atomic E-state index is 8.70. The maximum absolute atomic E-state index is 8.70. The topological polar surface area (TPSA) is 41.1 Å². The first-order valence-electron chi connectivity index (χ1n) is 4.53. The molecule has 0 saturated heterocycles. The van der Waals surface area contributed by atoms with Gasteiger partial charge in [-0.1, -0.05) is 6.07 Å². The zero-order valence-corrected chi connectivity index (χ0v) is 8.28. The monoisotopic (exact) mass is 185 g/mol. The van der Waals surface area contributed by atoms with E-state index >= 15 is 0 Å². The van der Waals surface area contributed by atoms with Gasteiger partial charge in [0, 0.05) is 6.20 Å². The van der Waals surface area contributed by atoms with E-state index in [9.17, 15) is 0 Å². The van der Waals surface area contributed by atoms with E-state index in [1.807, 2.05) is 36.6 Å². The number of nitriles is 1. The van der Waals surface area contributed by atoms with Crippen LogP contribution >= 0.6 is 0 Å². The molecule has 0 atom stereocenters. The first kappa shape index (κ1) is 8.76. The summed E-state index contributed by atoms with van der Waals surface area (Å²) in [6, 6.07) is 6.16. The van der Waals surface area contributed by atoms with Crippen LogP contribution in [0.25, 0.3) is 5.65 Å². The molecule has 0 aliphatic heterocycles. The molecule has 0 saturated carbocycles. The van der Waals surface area contributed by atoms with Crippen LogP contribution in [0.15, 0.2) is 18.3 Å². The minimum Gasteiger partial charge on any atom is -0.302 e. The van der Waals surface area contributed by atoms with Crippen LogP contribution in [0.2, 0.25) is 0 Å². The lowest BCUT2D eigenvalue weighted by Gasteiger charge is -1.99. The normalized spacial score (nSPS) is 10.4. The lowest BCUT2D eigenvalue weighted by Crippen LogP contribution is -1.93. The molecule has 2 aromatic rings. The molecule has 0 N–H and O–H groups in total. The van der Waals surface area contributed by atoms with Crippen molar-refractivity contribution in [3.05, 3.63) is 35.3 Å². The summed E-state index contributed by atoms with van der Waals surface area (Å²) in [6.45, 7) is 3.97. The SMILES string of the molecule is Cc1ccc2nc(C)c(CC#N)n2c1. The average Bonchev–Trinajstić information content (AvgIpc) is 2.45. The first-order valence-corrected chi connectivity index (χ1v) is 4.53. The summed E-state index contributed by atoms with van der Waals surface area (Å²) < 4.78 is 1.99. The van der Waals surface area contributed by atoms with Gasteiger partial charge in [-0.15, -0.1) is 0 Å². The predicted octanol–water partition coefficient (Wildman–Crippen LogP) is 2.02. The van der Waals surface area contributed by atoms with E-state index in [-0.39, 0.29) is 0 Å². The molecule has 0 unspecified atom stereocenters. The quantitative estimate of drug-likeness (QED) is 0.682. The molecule has 2 rings (SSSR count). The highest BCUT2D eigenvalue weighted by molar-refractivity contribution is 5.44. The van der Waals surface area contributed by atoms with Gasteiger partial charge in [0.05, 0.1) is 23.9 Å². The second-order valence-electron chi connectivity index (χ2n) is 3.41. The van der Waals surface area contributed by atoms with Gasteiger partial charge < -0.3 is 4.40 Å². The fraction of sp³-hybridized carbons (Fsp3) is 0.273. The maximum Gasteiger partial charge on any atom is 0.137 e. The van der Waals surface area contributed by atoms with Crippen molar-refractivity contribution in [1.82, 2.24) is 9.38 Å². The van der Waals surface area contributed by atoms with Crippen LogP contribution in [0.1, 0.15) is 17.0 Å². The highest BCUT2D eigenvalue weighted by atomic mass is 15.0. The molecule has 0 aromatic carbocycles. The van der Waals surface area contributed by atoms with Crippen molar-refractivity contribution in [2.75, 3.05) is 0 Å². The van der Waals surface area contributed by atoms with Gasteiger partial charge in [-0.25, -0.2) is 4.98 Å². The first-order chi connectivity index (χ1) is 6.72. The highest BCUT2D eigenvalue weighted by Crippen LogP contribution is 2.13. The predicted molar refractivity (Wildman–Crippen MR) is 54.0 cm³/mol. The Labute approximate surface area is 82.6 Å². The molecule has 0 amide bonds. The fourth-order valence-corrected chi connectivity index (χ4v) is 1.61. The number of fused-ring (bicyclic) bond motifs is 1. The van der Waals surface area contributed by atoms with Crippen LogP contribution in [0.3, 0.4) is 0 Å². The molecule has 0 bridgehead atoms. The third-order valence-corrected chi connectivity index (χ3v) is 2.31. The summed E-state index contributed by atoms with van der Waals surface area (Å²) >= 11 is 0. The fourth-order valence-electron chi connectivity index (χ4n) is 1.61. The Morgan fingerprint density at radius 2 is 2.21 bits per heavy atom. The number of aromatic nitrogens is 2. The summed E-state index contributed by atoms with van der Waals surface area (Å²) in [6.07, 6.45) is 2.43. The van der Waals surface area contributed by atoms with Crippen LogP contribution in [-0.2, 0) is 6.42 Å².